The molecule has 0 aliphatic rings. The van der Waals surface area contributed by atoms with Crippen LogP contribution in [0.15, 0.2) is 0 Å². The molecular weight excluding hydrogens is 238 g/mol. The third-order valence-corrected chi connectivity index (χ3v) is 3.05. The van der Waals surface area contributed by atoms with Crippen LogP contribution in [0, 0.1) is 11.3 Å². The van der Waals surface area contributed by atoms with Crippen LogP contribution in [0.5, 0.6) is 0 Å². The van der Waals surface area contributed by atoms with Crippen molar-refractivity contribution in [3.05, 3.63) is 0 Å². The average Bonchev–Trinajstić information content (AvgIpc) is 1.95. The molecule has 2 N–H and O–H groups in total. The molecule has 0 radical (unpaired) electrons. The molecule has 94 valence electrons. The van der Waals surface area contributed by atoms with Crippen LogP contribution < -0.4 is 5.73 Å². The second-order valence-electron chi connectivity index (χ2n) is 4.81. The number of halogens is 1. The first kappa shape index (κ1) is 17.6. The monoisotopic (exact) mass is 259 g/mol. The predicted octanol–water partition coefficient (Wildman–Crippen LogP) is 1.39. The fraction of sp³-hybridized carbons (Fsp3) is 1.00. The molecule has 0 saturated carbocycles. The van der Waals surface area contributed by atoms with Gasteiger partial charge in [0.25, 0.3) is 10.1 Å². The van der Waals surface area contributed by atoms with Crippen LogP contribution in [0.2, 0.25) is 0 Å². The highest BCUT2D eigenvalue weighted by atomic mass is 35.5. The van der Waals surface area contributed by atoms with Gasteiger partial charge in [-0.25, -0.2) is 0 Å². The summed E-state index contributed by atoms with van der Waals surface area (Å²) in [4.78, 5) is 0. The lowest BCUT2D eigenvalue weighted by Gasteiger charge is -2.31. The standard InChI is InChI=1S/C9H21NO3S.ClH/c1-7(9(2,3)4)8(10)6-13-14(5,11)12;/h7-8H,6,10H2,1-5H3;1H/t7-,8-;/m0./s1. The van der Waals surface area contributed by atoms with E-state index in [0.29, 0.717) is 0 Å². The smallest absolute Gasteiger partial charge is 0.264 e. The Morgan fingerprint density at radius 3 is 2.00 bits per heavy atom. The first-order valence-corrected chi connectivity index (χ1v) is 6.45. The highest BCUT2D eigenvalue weighted by Crippen LogP contribution is 2.27. The van der Waals surface area contributed by atoms with Gasteiger partial charge < -0.3 is 5.73 Å². The van der Waals surface area contributed by atoms with E-state index in [0.717, 1.165) is 6.26 Å². The Hall–Kier alpha value is 0.160. The minimum absolute atomic E-state index is 0. The first-order chi connectivity index (χ1) is 6.04. The zero-order chi connectivity index (χ0) is 11.6. The summed E-state index contributed by atoms with van der Waals surface area (Å²) >= 11 is 0. The van der Waals surface area contributed by atoms with Gasteiger partial charge in [-0.05, 0) is 11.3 Å². The molecule has 15 heavy (non-hydrogen) atoms. The Kier molecular flexibility index (Phi) is 7.06. The van der Waals surface area contributed by atoms with Crippen LogP contribution >= 0.6 is 12.4 Å². The Morgan fingerprint density at radius 1 is 1.33 bits per heavy atom. The Morgan fingerprint density at radius 2 is 1.73 bits per heavy atom. The van der Waals surface area contributed by atoms with Crippen molar-refractivity contribution in [1.29, 1.82) is 0 Å². The van der Waals surface area contributed by atoms with E-state index in [1.54, 1.807) is 0 Å². The van der Waals surface area contributed by atoms with Gasteiger partial charge in [0.2, 0.25) is 0 Å². The zero-order valence-electron chi connectivity index (χ0n) is 9.98. The Labute approximate surface area is 99.1 Å². The van der Waals surface area contributed by atoms with Gasteiger partial charge in [-0.3, -0.25) is 4.18 Å². The van der Waals surface area contributed by atoms with E-state index in [9.17, 15) is 8.42 Å². The van der Waals surface area contributed by atoms with Gasteiger partial charge in [0, 0.05) is 6.04 Å². The molecule has 4 nitrogen and oxygen atoms in total. The van der Waals surface area contributed by atoms with Crippen LogP contribution in [0.4, 0.5) is 0 Å². The second kappa shape index (κ2) is 6.03. The maximum Gasteiger partial charge on any atom is 0.264 e. The quantitative estimate of drug-likeness (QED) is 0.775. The van der Waals surface area contributed by atoms with Gasteiger partial charge in [-0.1, -0.05) is 27.7 Å². The molecule has 0 saturated heterocycles. The van der Waals surface area contributed by atoms with Gasteiger partial charge in [0.15, 0.2) is 0 Å². The van der Waals surface area contributed by atoms with Crippen LogP contribution in [-0.2, 0) is 14.3 Å². The third-order valence-electron chi connectivity index (χ3n) is 2.48. The predicted molar refractivity (Wildman–Crippen MR) is 64.6 cm³/mol. The van der Waals surface area contributed by atoms with E-state index in [1.165, 1.54) is 0 Å². The van der Waals surface area contributed by atoms with Crippen molar-refractivity contribution in [3.8, 4) is 0 Å². The average molecular weight is 260 g/mol. The maximum atomic E-state index is 10.7. The van der Waals surface area contributed by atoms with Gasteiger partial charge >= 0.3 is 0 Å². The molecule has 0 amide bonds. The van der Waals surface area contributed by atoms with Crippen LogP contribution in [-0.4, -0.2) is 27.3 Å². The van der Waals surface area contributed by atoms with E-state index in [2.05, 4.69) is 25.0 Å². The molecular formula is C9H22ClNO3S. The van der Waals surface area contributed by atoms with Crippen molar-refractivity contribution < 1.29 is 12.6 Å². The molecule has 2 atom stereocenters. The zero-order valence-corrected chi connectivity index (χ0v) is 11.6. The minimum atomic E-state index is -3.38. The SMILES string of the molecule is C[C@@H]([C@@H](N)COS(C)(=O)=O)C(C)(C)C.Cl. The van der Waals surface area contributed by atoms with Crippen LogP contribution in [0.3, 0.4) is 0 Å². The molecule has 0 aliphatic heterocycles. The highest BCUT2D eigenvalue weighted by molar-refractivity contribution is 7.85. The Bertz CT molecular complexity index is 272. The molecule has 0 heterocycles. The topological polar surface area (TPSA) is 69.4 Å². The molecule has 0 aromatic rings. The van der Waals surface area contributed by atoms with Crippen molar-refractivity contribution >= 4 is 22.5 Å². The first-order valence-electron chi connectivity index (χ1n) is 4.64. The number of hydrogen-bond donors (Lipinski definition) is 1. The molecule has 0 unspecified atom stereocenters. The summed E-state index contributed by atoms with van der Waals surface area (Å²) in [6.45, 7) is 8.25. The third kappa shape index (κ3) is 8.02. The lowest BCUT2D eigenvalue weighted by Crippen LogP contribution is -2.40. The van der Waals surface area contributed by atoms with E-state index in [1.807, 2.05) is 6.92 Å². The van der Waals surface area contributed by atoms with Crippen molar-refractivity contribution in [1.82, 2.24) is 0 Å². The van der Waals surface area contributed by atoms with Crippen LogP contribution in [0.25, 0.3) is 0 Å². The summed E-state index contributed by atoms with van der Waals surface area (Å²) in [5.41, 5.74) is 5.88. The van der Waals surface area contributed by atoms with Crippen LogP contribution in [0.1, 0.15) is 27.7 Å². The second-order valence-corrected chi connectivity index (χ2v) is 6.45. The van der Waals surface area contributed by atoms with E-state index in [-0.39, 0.29) is 36.4 Å². The Balaban J connectivity index is 0. The molecule has 0 aromatic carbocycles. The number of hydrogen-bond acceptors (Lipinski definition) is 4. The molecule has 0 aliphatic carbocycles. The van der Waals surface area contributed by atoms with Crippen molar-refractivity contribution in [3.63, 3.8) is 0 Å². The van der Waals surface area contributed by atoms with Gasteiger partial charge in [0.05, 0.1) is 12.9 Å². The number of rotatable bonds is 4. The van der Waals surface area contributed by atoms with E-state index < -0.39 is 10.1 Å². The molecule has 0 fully saturated rings. The van der Waals surface area contributed by atoms with E-state index in [4.69, 9.17) is 5.73 Å². The highest BCUT2D eigenvalue weighted by Gasteiger charge is 2.26. The summed E-state index contributed by atoms with van der Waals surface area (Å²) in [6, 6.07) is -0.260. The molecule has 0 bridgehead atoms. The van der Waals surface area contributed by atoms with Crippen molar-refractivity contribution in [2.24, 2.45) is 17.1 Å². The lowest BCUT2D eigenvalue weighted by molar-refractivity contribution is 0.173. The fourth-order valence-corrected chi connectivity index (χ4v) is 1.39. The molecule has 0 aromatic heterocycles. The number of nitrogens with two attached hydrogens (primary N) is 1. The largest absolute Gasteiger partial charge is 0.325 e. The van der Waals surface area contributed by atoms with Gasteiger partial charge in [-0.2, -0.15) is 8.42 Å². The summed E-state index contributed by atoms with van der Waals surface area (Å²) in [5, 5.41) is 0. The van der Waals surface area contributed by atoms with Crippen molar-refractivity contribution in [2.45, 2.75) is 33.7 Å². The summed E-state index contributed by atoms with van der Waals surface area (Å²) in [5.74, 6) is 0.198. The fourth-order valence-electron chi connectivity index (χ4n) is 0.989. The molecule has 0 spiro atoms. The normalized spacial score (nSPS) is 16.7. The minimum Gasteiger partial charge on any atom is -0.325 e. The van der Waals surface area contributed by atoms with E-state index >= 15 is 0 Å². The summed E-state index contributed by atoms with van der Waals surface area (Å²) in [6.07, 6.45) is 1.03. The van der Waals surface area contributed by atoms with Gasteiger partial charge in [0.1, 0.15) is 0 Å². The van der Waals surface area contributed by atoms with Gasteiger partial charge in [-0.15, -0.1) is 12.4 Å². The molecule has 0 rings (SSSR count). The summed E-state index contributed by atoms with van der Waals surface area (Å²) < 4.78 is 26.1. The molecule has 6 heteroatoms. The lowest BCUT2D eigenvalue weighted by atomic mass is 9.78. The summed E-state index contributed by atoms with van der Waals surface area (Å²) in [7, 11) is -3.38. The maximum absolute atomic E-state index is 10.7. The van der Waals surface area contributed by atoms with Crippen molar-refractivity contribution in [2.75, 3.05) is 12.9 Å².